The molecule has 1 aliphatic rings. The third-order valence-corrected chi connectivity index (χ3v) is 6.80. The predicted molar refractivity (Wildman–Crippen MR) is 114 cm³/mol. The number of halogens is 1. The van der Waals surface area contributed by atoms with E-state index in [2.05, 4.69) is 10.0 Å². The summed E-state index contributed by atoms with van der Waals surface area (Å²) in [5.41, 5.74) is 0.976. The zero-order valence-electron chi connectivity index (χ0n) is 16.6. The molecule has 7 nitrogen and oxygen atoms in total. The third-order valence-electron chi connectivity index (χ3n) is 5.13. The Morgan fingerprint density at radius 3 is 2.43 bits per heavy atom. The maximum atomic E-state index is 12.9. The highest BCUT2D eigenvalue weighted by Crippen LogP contribution is 2.26. The minimum absolute atomic E-state index is 0.0360. The van der Waals surface area contributed by atoms with Crippen LogP contribution >= 0.6 is 11.6 Å². The van der Waals surface area contributed by atoms with Gasteiger partial charge in [-0.05, 0) is 61.6 Å². The highest BCUT2D eigenvalue weighted by atomic mass is 35.5. The molecule has 1 aliphatic carbocycles. The van der Waals surface area contributed by atoms with Crippen LogP contribution < -0.4 is 14.8 Å². The number of carbonyl (C=O) groups excluding carboxylic acids is 1. The minimum Gasteiger partial charge on any atom is -0.495 e. The highest BCUT2D eigenvalue weighted by Gasteiger charge is 2.24. The summed E-state index contributed by atoms with van der Waals surface area (Å²) in [6, 6.07) is 11.1. The van der Waals surface area contributed by atoms with Crippen LogP contribution in [0.4, 0.5) is 0 Å². The summed E-state index contributed by atoms with van der Waals surface area (Å²) >= 11 is 5.86. The smallest absolute Gasteiger partial charge is 0.251 e. The Labute approximate surface area is 181 Å². The molecular weight excluding hydrogens is 428 g/mol. The van der Waals surface area contributed by atoms with Crippen LogP contribution in [0.25, 0.3) is 0 Å². The van der Waals surface area contributed by atoms with Gasteiger partial charge in [-0.3, -0.25) is 4.79 Å². The Kier molecular flexibility index (Phi) is 7.36. The fourth-order valence-corrected chi connectivity index (χ4v) is 4.71. The van der Waals surface area contributed by atoms with Gasteiger partial charge in [0.2, 0.25) is 10.0 Å². The van der Waals surface area contributed by atoms with Crippen LogP contribution in [0.2, 0.25) is 5.02 Å². The van der Waals surface area contributed by atoms with E-state index in [4.69, 9.17) is 16.3 Å². The van der Waals surface area contributed by atoms with Gasteiger partial charge in [-0.25, -0.2) is 13.1 Å². The number of methoxy groups -OCH3 is 1. The van der Waals surface area contributed by atoms with E-state index in [1.165, 1.54) is 25.3 Å². The van der Waals surface area contributed by atoms with E-state index < -0.39 is 10.0 Å². The number of aliphatic hydroxyl groups is 1. The number of sulfonamides is 1. The molecular formula is C21H25ClN2O5S. The van der Waals surface area contributed by atoms with Crippen molar-refractivity contribution in [3.63, 3.8) is 0 Å². The number of aliphatic hydroxyl groups excluding tert-OH is 1. The van der Waals surface area contributed by atoms with Crippen LogP contribution in [0.3, 0.4) is 0 Å². The van der Waals surface area contributed by atoms with Crippen molar-refractivity contribution in [1.82, 2.24) is 10.0 Å². The number of hydrogen-bond donors (Lipinski definition) is 3. The summed E-state index contributed by atoms with van der Waals surface area (Å²) in [5, 5.41) is 13.1. The molecule has 30 heavy (non-hydrogen) atoms. The third kappa shape index (κ3) is 5.72. The van der Waals surface area contributed by atoms with Crippen LogP contribution in [-0.4, -0.2) is 38.7 Å². The average Bonchev–Trinajstić information content (AvgIpc) is 2.74. The van der Waals surface area contributed by atoms with Crippen LogP contribution in [0.5, 0.6) is 5.75 Å². The standard InChI is InChI=1S/C21H25ClN2O5S/c1-29-19-11-4-15(21(26)24-17-7-9-18(25)10-8-17)12-20(19)30(27,28)23-13-14-2-5-16(22)6-3-14/h2-6,11-12,17-18,23,25H,7-10,13H2,1H3,(H,24,26). The number of nitrogens with one attached hydrogen (secondary N) is 2. The van der Waals surface area contributed by atoms with E-state index in [0.717, 1.165) is 5.56 Å². The second kappa shape index (κ2) is 9.78. The lowest BCUT2D eigenvalue weighted by atomic mass is 9.93. The molecule has 0 atom stereocenters. The van der Waals surface area contributed by atoms with Gasteiger partial charge in [0.05, 0.1) is 13.2 Å². The highest BCUT2D eigenvalue weighted by molar-refractivity contribution is 7.89. The van der Waals surface area contributed by atoms with E-state index >= 15 is 0 Å². The first-order valence-electron chi connectivity index (χ1n) is 9.69. The van der Waals surface area contributed by atoms with Gasteiger partial charge in [0.25, 0.3) is 5.91 Å². The summed E-state index contributed by atoms with van der Waals surface area (Å²) < 4.78 is 33.5. The van der Waals surface area contributed by atoms with Gasteiger partial charge in [-0.15, -0.1) is 0 Å². The maximum absolute atomic E-state index is 12.9. The normalized spacial score (nSPS) is 19.3. The van der Waals surface area contributed by atoms with Gasteiger partial charge >= 0.3 is 0 Å². The fraction of sp³-hybridized carbons (Fsp3) is 0.381. The molecule has 3 rings (SSSR count). The van der Waals surface area contributed by atoms with Crippen LogP contribution in [0, 0.1) is 0 Å². The zero-order valence-corrected chi connectivity index (χ0v) is 18.2. The molecule has 3 N–H and O–H groups in total. The van der Waals surface area contributed by atoms with E-state index in [1.807, 2.05) is 0 Å². The van der Waals surface area contributed by atoms with Crippen molar-refractivity contribution in [1.29, 1.82) is 0 Å². The van der Waals surface area contributed by atoms with Gasteiger partial charge in [0.15, 0.2) is 0 Å². The zero-order chi connectivity index (χ0) is 21.7. The first-order valence-corrected chi connectivity index (χ1v) is 11.6. The molecule has 162 valence electrons. The Bertz CT molecular complexity index is 987. The van der Waals surface area contributed by atoms with Crippen molar-refractivity contribution in [2.75, 3.05) is 7.11 Å². The van der Waals surface area contributed by atoms with E-state index in [0.29, 0.717) is 30.7 Å². The molecule has 0 unspecified atom stereocenters. The fourth-order valence-electron chi connectivity index (χ4n) is 3.38. The second-order valence-corrected chi connectivity index (χ2v) is 9.47. The van der Waals surface area contributed by atoms with Gasteiger partial charge in [0, 0.05) is 23.2 Å². The molecule has 0 saturated heterocycles. The minimum atomic E-state index is -3.93. The van der Waals surface area contributed by atoms with Crippen molar-refractivity contribution in [3.8, 4) is 5.75 Å². The topological polar surface area (TPSA) is 105 Å². The van der Waals surface area contributed by atoms with Crippen LogP contribution in [0.1, 0.15) is 41.6 Å². The lowest BCUT2D eigenvalue weighted by Gasteiger charge is -2.26. The number of rotatable bonds is 7. The maximum Gasteiger partial charge on any atom is 0.251 e. The van der Waals surface area contributed by atoms with Gasteiger partial charge < -0.3 is 15.2 Å². The Balaban J connectivity index is 1.75. The molecule has 2 aromatic rings. The summed E-state index contributed by atoms with van der Waals surface area (Å²) in [7, 11) is -2.55. The van der Waals surface area contributed by atoms with Gasteiger partial charge in [-0.1, -0.05) is 23.7 Å². The number of ether oxygens (including phenoxy) is 1. The molecule has 1 fully saturated rings. The van der Waals surface area contributed by atoms with E-state index in [1.54, 1.807) is 24.3 Å². The Hall–Kier alpha value is -2.13. The molecule has 0 aliphatic heterocycles. The van der Waals surface area contributed by atoms with Crippen molar-refractivity contribution < 1.29 is 23.1 Å². The van der Waals surface area contributed by atoms with Gasteiger partial charge in [0.1, 0.15) is 10.6 Å². The Morgan fingerprint density at radius 2 is 1.80 bits per heavy atom. The molecule has 9 heteroatoms. The van der Waals surface area contributed by atoms with Crippen molar-refractivity contribution in [3.05, 3.63) is 58.6 Å². The lowest BCUT2D eigenvalue weighted by molar-refractivity contribution is 0.0867. The first-order chi connectivity index (χ1) is 14.3. The average molecular weight is 453 g/mol. The summed E-state index contributed by atoms with van der Waals surface area (Å²) in [6.07, 6.45) is 2.35. The SMILES string of the molecule is COc1ccc(C(=O)NC2CCC(O)CC2)cc1S(=O)(=O)NCc1ccc(Cl)cc1. The molecule has 0 radical (unpaired) electrons. The number of carbonyl (C=O) groups is 1. The van der Waals surface area contributed by atoms with Crippen molar-refractivity contribution in [2.24, 2.45) is 0 Å². The van der Waals surface area contributed by atoms with Crippen molar-refractivity contribution >= 4 is 27.5 Å². The quantitative estimate of drug-likeness (QED) is 0.599. The molecule has 1 amide bonds. The second-order valence-electron chi connectivity index (χ2n) is 7.30. The van der Waals surface area contributed by atoms with Crippen LogP contribution in [-0.2, 0) is 16.6 Å². The number of benzene rings is 2. The molecule has 0 bridgehead atoms. The number of hydrogen-bond acceptors (Lipinski definition) is 5. The van der Waals surface area contributed by atoms with E-state index in [-0.39, 0.29) is 40.8 Å². The molecule has 2 aromatic carbocycles. The molecule has 0 aromatic heterocycles. The number of amides is 1. The van der Waals surface area contributed by atoms with Gasteiger partial charge in [-0.2, -0.15) is 0 Å². The van der Waals surface area contributed by atoms with E-state index in [9.17, 15) is 18.3 Å². The largest absolute Gasteiger partial charge is 0.495 e. The van der Waals surface area contributed by atoms with Crippen molar-refractivity contribution in [2.45, 2.75) is 49.3 Å². The Morgan fingerprint density at radius 1 is 1.13 bits per heavy atom. The summed E-state index contributed by atoms with van der Waals surface area (Å²) in [6.45, 7) is 0.0729. The monoisotopic (exact) mass is 452 g/mol. The predicted octanol–water partition coefficient (Wildman–Crippen LogP) is 2.86. The van der Waals surface area contributed by atoms with Crippen LogP contribution in [0.15, 0.2) is 47.4 Å². The summed E-state index contributed by atoms with van der Waals surface area (Å²) in [4.78, 5) is 12.5. The summed E-state index contributed by atoms with van der Waals surface area (Å²) in [5.74, 6) is -0.205. The first kappa shape index (κ1) is 22.6. The molecule has 0 spiro atoms. The molecule has 0 heterocycles. The lowest BCUT2D eigenvalue weighted by Crippen LogP contribution is -2.38. The molecule has 1 saturated carbocycles.